The molecule has 0 radical (unpaired) electrons. The average molecular weight is 234 g/mol. The second kappa shape index (κ2) is 4.64. The van der Waals surface area contributed by atoms with Crippen molar-refractivity contribution in [2.24, 2.45) is 5.73 Å². The first-order valence-corrected chi connectivity index (χ1v) is 4.62. The summed E-state index contributed by atoms with van der Waals surface area (Å²) in [5, 5.41) is 0.635. The number of hydrogen-bond donors (Lipinski definition) is 1. The number of hydrogen-bond acceptors (Lipinski definition) is 3. The van der Waals surface area contributed by atoms with E-state index in [-0.39, 0.29) is 12.3 Å². The number of nitrogens with two attached hydrogens (primary N) is 1. The fourth-order valence-electron chi connectivity index (χ4n) is 1.01. The molecule has 0 aliphatic carbocycles. The van der Waals surface area contributed by atoms with E-state index >= 15 is 0 Å². The van der Waals surface area contributed by atoms with Crippen molar-refractivity contribution in [3.63, 3.8) is 0 Å². The van der Waals surface area contributed by atoms with Crippen LogP contribution in [0, 0.1) is 0 Å². The molecule has 0 saturated heterocycles. The number of rotatable bonds is 3. The number of carbonyl (C=O) groups excluding carboxylic acids is 1. The first kappa shape index (κ1) is 11.3. The molecule has 76 valence electrons. The van der Waals surface area contributed by atoms with Gasteiger partial charge in [-0.2, -0.15) is 0 Å². The highest BCUT2D eigenvalue weighted by molar-refractivity contribution is 6.36. The molecule has 0 fully saturated rings. The third-order valence-corrected chi connectivity index (χ3v) is 2.34. The lowest BCUT2D eigenvalue weighted by molar-refractivity contribution is 0.100. The molecule has 1 aromatic carbocycles. The van der Waals surface area contributed by atoms with Crippen LogP contribution in [0.1, 0.15) is 10.4 Å². The van der Waals surface area contributed by atoms with E-state index in [4.69, 9.17) is 33.7 Å². The van der Waals surface area contributed by atoms with Gasteiger partial charge in [0.05, 0.1) is 23.7 Å². The quantitative estimate of drug-likeness (QED) is 0.815. The van der Waals surface area contributed by atoms with E-state index in [1.165, 1.54) is 19.2 Å². The lowest BCUT2D eigenvalue weighted by atomic mass is 10.1. The van der Waals surface area contributed by atoms with Crippen molar-refractivity contribution in [2.75, 3.05) is 13.7 Å². The average Bonchev–Trinajstić information content (AvgIpc) is 2.19. The highest BCUT2D eigenvalue weighted by Crippen LogP contribution is 2.30. The Labute approximate surface area is 91.7 Å². The molecule has 2 N–H and O–H groups in total. The molecule has 0 amide bonds. The van der Waals surface area contributed by atoms with Gasteiger partial charge in [-0.25, -0.2) is 0 Å². The minimum Gasteiger partial charge on any atom is -0.495 e. The Morgan fingerprint density at radius 1 is 1.43 bits per heavy atom. The zero-order valence-corrected chi connectivity index (χ0v) is 9.02. The monoisotopic (exact) mass is 233 g/mol. The zero-order chi connectivity index (χ0) is 10.7. The lowest BCUT2D eigenvalue weighted by Crippen LogP contribution is -2.14. The topological polar surface area (TPSA) is 52.3 Å². The fraction of sp³-hybridized carbons (Fsp3) is 0.222. The van der Waals surface area contributed by atoms with Gasteiger partial charge in [-0.1, -0.05) is 23.2 Å². The number of benzene rings is 1. The maximum absolute atomic E-state index is 11.3. The van der Waals surface area contributed by atoms with Crippen molar-refractivity contribution >= 4 is 29.0 Å². The molecule has 0 saturated carbocycles. The molecule has 0 spiro atoms. The van der Waals surface area contributed by atoms with Crippen molar-refractivity contribution < 1.29 is 9.53 Å². The van der Waals surface area contributed by atoms with Gasteiger partial charge in [0.2, 0.25) is 0 Å². The highest BCUT2D eigenvalue weighted by Gasteiger charge is 2.12. The van der Waals surface area contributed by atoms with Gasteiger partial charge in [-0.05, 0) is 6.07 Å². The van der Waals surface area contributed by atoms with Crippen LogP contribution in [0.25, 0.3) is 0 Å². The molecule has 0 aliphatic heterocycles. The molecule has 0 unspecified atom stereocenters. The number of ketones is 1. The third kappa shape index (κ3) is 2.18. The second-order valence-electron chi connectivity index (χ2n) is 2.59. The van der Waals surface area contributed by atoms with Crippen LogP contribution in [0.2, 0.25) is 10.0 Å². The Morgan fingerprint density at radius 3 is 2.57 bits per heavy atom. The molecule has 1 rings (SSSR count). The molecule has 0 bridgehead atoms. The normalized spacial score (nSPS) is 10.0. The predicted molar refractivity (Wildman–Crippen MR) is 56.4 cm³/mol. The minimum atomic E-state index is -0.250. The molecule has 14 heavy (non-hydrogen) atoms. The fourth-order valence-corrected chi connectivity index (χ4v) is 1.51. The van der Waals surface area contributed by atoms with Crippen LogP contribution in [0.4, 0.5) is 0 Å². The van der Waals surface area contributed by atoms with Crippen LogP contribution in [0.5, 0.6) is 5.75 Å². The van der Waals surface area contributed by atoms with Crippen molar-refractivity contribution in [3.8, 4) is 5.75 Å². The van der Waals surface area contributed by atoms with Crippen LogP contribution in [0.15, 0.2) is 12.1 Å². The Morgan fingerprint density at radius 2 is 2.07 bits per heavy atom. The van der Waals surface area contributed by atoms with Gasteiger partial charge in [0.15, 0.2) is 5.78 Å². The number of methoxy groups -OCH3 is 1. The summed E-state index contributed by atoms with van der Waals surface area (Å²) in [5.41, 5.74) is 5.53. The Hall–Kier alpha value is -0.770. The summed E-state index contributed by atoms with van der Waals surface area (Å²) in [4.78, 5) is 11.3. The van der Waals surface area contributed by atoms with Gasteiger partial charge in [0.25, 0.3) is 0 Å². The summed E-state index contributed by atoms with van der Waals surface area (Å²) in [6.45, 7) is -0.0949. The van der Waals surface area contributed by atoms with Gasteiger partial charge in [0.1, 0.15) is 5.75 Å². The molecule has 0 aliphatic rings. The predicted octanol–water partition coefficient (Wildman–Crippen LogP) is 2.14. The van der Waals surface area contributed by atoms with Gasteiger partial charge in [0, 0.05) is 11.6 Å². The van der Waals surface area contributed by atoms with Crippen LogP contribution < -0.4 is 10.5 Å². The van der Waals surface area contributed by atoms with Gasteiger partial charge in [-0.15, -0.1) is 0 Å². The van der Waals surface area contributed by atoms with Crippen molar-refractivity contribution in [1.82, 2.24) is 0 Å². The standard InChI is InChI=1S/C9H9Cl2NO2/c1-14-9-3-6(10)5(2-7(9)11)8(13)4-12/h2-3H,4,12H2,1H3. The van der Waals surface area contributed by atoms with Crippen LogP contribution in [0.3, 0.4) is 0 Å². The van der Waals surface area contributed by atoms with E-state index in [0.717, 1.165) is 0 Å². The van der Waals surface area contributed by atoms with Crippen molar-refractivity contribution in [3.05, 3.63) is 27.7 Å². The Kier molecular flexibility index (Phi) is 3.75. The first-order valence-electron chi connectivity index (χ1n) is 3.86. The molecule has 5 heteroatoms. The molecular weight excluding hydrogens is 225 g/mol. The maximum atomic E-state index is 11.3. The number of halogens is 2. The minimum absolute atomic E-state index is 0.0949. The van der Waals surface area contributed by atoms with Crippen LogP contribution in [-0.2, 0) is 0 Å². The van der Waals surface area contributed by atoms with Crippen molar-refractivity contribution in [1.29, 1.82) is 0 Å². The van der Waals surface area contributed by atoms with E-state index in [2.05, 4.69) is 0 Å². The SMILES string of the molecule is COc1cc(Cl)c(C(=O)CN)cc1Cl. The number of carbonyl (C=O) groups is 1. The highest BCUT2D eigenvalue weighted by atomic mass is 35.5. The van der Waals surface area contributed by atoms with E-state index < -0.39 is 0 Å². The molecule has 0 heterocycles. The maximum Gasteiger partial charge on any atom is 0.177 e. The third-order valence-electron chi connectivity index (χ3n) is 1.73. The molecule has 1 aromatic rings. The largest absolute Gasteiger partial charge is 0.495 e. The molecule has 0 aromatic heterocycles. The second-order valence-corrected chi connectivity index (χ2v) is 3.41. The molecule has 3 nitrogen and oxygen atoms in total. The van der Waals surface area contributed by atoms with Gasteiger partial charge in [-0.3, -0.25) is 4.79 Å². The van der Waals surface area contributed by atoms with E-state index in [9.17, 15) is 4.79 Å². The summed E-state index contributed by atoms with van der Waals surface area (Å²) in [6, 6.07) is 2.95. The summed E-state index contributed by atoms with van der Waals surface area (Å²) in [7, 11) is 1.47. The van der Waals surface area contributed by atoms with Crippen molar-refractivity contribution in [2.45, 2.75) is 0 Å². The first-order chi connectivity index (χ1) is 6.60. The lowest BCUT2D eigenvalue weighted by Gasteiger charge is -2.06. The van der Waals surface area contributed by atoms with Crippen LogP contribution in [-0.4, -0.2) is 19.4 Å². The van der Waals surface area contributed by atoms with Crippen LogP contribution >= 0.6 is 23.2 Å². The van der Waals surface area contributed by atoms with Gasteiger partial charge >= 0.3 is 0 Å². The number of Topliss-reactive ketones (excluding diaryl/α,β-unsaturated/α-hetero) is 1. The summed E-state index contributed by atoms with van der Waals surface area (Å²) in [6.07, 6.45) is 0. The summed E-state index contributed by atoms with van der Waals surface area (Å²) >= 11 is 11.7. The summed E-state index contributed by atoms with van der Waals surface area (Å²) in [5.74, 6) is 0.185. The Bertz CT molecular complexity index is 366. The van der Waals surface area contributed by atoms with E-state index in [1.54, 1.807) is 0 Å². The van der Waals surface area contributed by atoms with E-state index in [0.29, 0.717) is 21.4 Å². The Balaban J connectivity index is 3.21. The smallest absolute Gasteiger partial charge is 0.177 e. The van der Waals surface area contributed by atoms with E-state index in [1.807, 2.05) is 0 Å². The number of ether oxygens (including phenoxy) is 1. The molecule has 0 atom stereocenters. The van der Waals surface area contributed by atoms with Gasteiger partial charge < -0.3 is 10.5 Å². The molecular formula is C9H9Cl2NO2. The summed E-state index contributed by atoms with van der Waals surface area (Å²) < 4.78 is 4.94. The zero-order valence-electron chi connectivity index (χ0n) is 7.51.